The molecule has 0 amide bonds. The summed E-state index contributed by atoms with van der Waals surface area (Å²) < 4.78 is 7.69. The van der Waals surface area contributed by atoms with Crippen molar-refractivity contribution in [1.82, 2.24) is 30.1 Å². The van der Waals surface area contributed by atoms with Gasteiger partial charge in [0.05, 0.1) is 24.9 Å². The van der Waals surface area contributed by atoms with E-state index < -0.39 is 0 Å². The zero-order chi connectivity index (χ0) is 22.8. The van der Waals surface area contributed by atoms with Crippen LogP contribution in [0.4, 0.5) is 0 Å². The minimum atomic E-state index is -0.0685. The summed E-state index contributed by atoms with van der Waals surface area (Å²) in [5.41, 5.74) is 2.67. The van der Waals surface area contributed by atoms with Gasteiger partial charge in [0.25, 0.3) is 5.56 Å². The van der Waals surface area contributed by atoms with Crippen molar-refractivity contribution in [2.45, 2.75) is 71.1 Å². The Hall–Kier alpha value is -3.26. The van der Waals surface area contributed by atoms with Crippen LogP contribution >= 0.6 is 0 Å². The molecule has 5 rings (SSSR count). The van der Waals surface area contributed by atoms with Crippen molar-refractivity contribution in [3.63, 3.8) is 0 Å². The normalized spacial score (nSPS) is 15.6. The molecule has 0 saturated heterocycles. The SMILES string of the molecule is CC[C@H](c1nnnn1C1CCCC1)N(Cc1ccco1)Cc1cc2cc(C)ccc2[nH]c1=O. The number of hydrogen-bond acceptors (Lipinski definition) is 6. The summed E-state index contributed by atoms with van der Waals surface area (Å²) >= 11 is 0. The van der Waals surface area contributed by atoms with Gasteiger partial charge in [0.2, 0.25) is 0 Å². The van der Waals surface area contributed by atoms with E-state index in [2.05, 4.69) is 45.3 Å². The molecule has 8 heteroatoms. The molecule has 8 nitrogen and oxygen atoms in total. The number of rotatable bonds is 8. The zero-order valence-electron chi connectivity index (χ0n) is 19.2. The zero-order valence-corrected chi connectivity index (χ0v) is 19.2. The smallest absolute Gasteiger partial charge is 0.252 e. The van der Waals surface area contributed by atoms with Gasteiger partial charge >= 0.3 is 0 Å². The second kappa shape index (κ2) is 9.31. The number of aromatic amines is 1. The number of fused-ring (bicyclic) bond motifs is 1. The third kappa shape index (κ3) is 4.48. The highest BCUT2D eigenvalue weighted by Crippen LogP contribution is 2.33. The Balaban J connectivity index is 1.52. The van der Waals surface area contributed by atoms with Crippen LogP contribution in [0.3, 0.4) is 0 Å². The van der Waals surface area contributed by atoms with Crippen molar-refractivity contribution in [1.29, 1.82) is 0 Å². The second-order valence-corrected chi connectivity index (χ2v) is 9.04. The number of pyridine rings is 1. The lowest BCUT2D eigenvalue weighted by Crippen LogP contribution is -2.32. The number of furan rings is 1. The van der Waals surface area contributed by atoms with Gasteiger partial charge < -0.3 is 9.40 Å². The summed E-state index contributed by atoms with van der Waals surface area (Å²) in [5, 5.41) is 13.9. The average molecular weight is 447 g/mol. The Bertz CT molecular complexity index is 1270. The van der Waals surface area contributed by atoms with Crippen LogP contribution in [0.5, 0.6) is 0 Å². The topological polar surface area (TPSA) is 92.8 Å². The molecule has 1 saturated carbocycles. The van der Waals surface area contributed by atoms with Gasteiger partial charge in [-0.15, -0.1) is 5.10 Å². The molecule has 1 N–H and O–H groups in total. The number of nitrogens with zero attached hydrogens (tertiary/aromatic N) is 5. The summed E-state index contributed by atoms with van der Waals surface area (Å²) in [5.74, 6) is 1.71. The van der Waals surface area contributed by atoms with Crippen molar-refractivity contribution < 1.29 is 4.42 Å². The molecule has 33 heavy (non-hydrogen) atoms. The highest BCUT2D eigenvalue weighted by atomic mass is 16.3. The van der Waals surface area contributed by atoms with E-state index in [9.17, 15) is 4.79 Å². The van der Waals surface area contributed by atoms with E-state index in [1.54, 1.807) is 6.26 Å². The van der Waals surface area contributed by atoms with Gasteiger partial charge in [-0.1, -0.05) is 31.4 Å². The minimum absolute atomic E-state index is 0.0432. The first-order chi connectivity index (χ1) is 16.1. The Morgan fingerprint density at radius 3 is 2.82 bits per heavy atom. The lowest BCUT2D eigenvalue weighted by molar-refractivity contribution is 0.146. The van der Waals surface area contributed by atoms with Gasteiger partial charge in [-0.2, -0.15) is 0 Å². The predicted molar refractivity (Wildman–Crippen MR) is 126 cm³/mol. The van der Waals surface area contributed by atoms with Crippen molar-refractivity contribution in [2.75, 3.05) is 0 Å². The van der Waals surface area contributed by atoms with Crippen LogP contribution in [0.2, 0.25) is 0 Å². The molecule has 172 valence electrons. The highest BCUT2D eigenvalue weighted by molar-refractivity contribution is 5.79. The van der Waals surface area contributed by atoms with Crippen LogP contribution in [0, 0.1) is 6.92 Å². The van der Waals surface area contributed by atoms with Gasteiger partial charge in [-0.05, 0) is 72.3 Å². The average Bonchev–Trinajstić information content (AvgIpc) is 3.58. The van der Waals surface area contributed by atoms with E-state index >= 15 is 0 Å². The molecule has 1 aliphatic carbocycles. The van der Waals surface area contributed by atoms with E-state index in [4.69, 9.17) is 4.42 Å². The second-order valence-electron chi connectivity index (χ2n) is 9.04. The maximum absolute atomic E-state index is 13.0. The van der Waals surface area contributed by atoms with Crippen molar-refractivity contribution >= 4 is 10.9 Å². The monoisotopic (exact) mass is 446 g/mol. The molecule has 1 fully saturated rings. The summed E-state index contributed by atoms with van der Waals surface area (Å²) in [4.78, 5) is 18.3. The van der Waals surface area contributed by atoms with E-state index in [1.165, 1.54) is 12.8 Å². The van der Waals surface area contributed by atoms with E-state index in [0.29, 0.717) is 19.1 Å². The number of hydrogen-bond donors (Lipinski definition) is 1. The van der Waals surface area contributed by atoms with Crippen molar-refractivity contribution in [3.05, 3.63) is 75.7 Å². The van der Waals surface area contributed by atoms with Crippen LogP contribution in [-0.4, -0.2) is 30.1 Å². The number of aryl methyl sites for hydroxylation is 1. The standard InChI is InChI=1S/C25H30N6O2/c1-3-23(24-27-28-29-31(24)20-7-4-5-8-20)30(16-21-9-6-12-33-21)15-19-14-18-13-17(2)10-11-22(18)26-25(19)32/h6,9-14,20,23H,3-5,7-8,15-16H2,1-2H3,(H,26,32)/t23-/m1/s1. The number of benzene rings is 1. The van der Waals surface area contributed by atoms with Crippen LogP contribution in [0.1, 0.15) is 73.8 Å². The molecule has 0 aliphatic heterocycles. The number of tetrazole rings is 1. The summed E-state index contributed by atoms with van der Waals surface area (Å²) in [6.45, 7) is 5.23. The molecule has 0 radical (unpaired) electrons. The molecular weight excluding hydrogens is 416 g/mol. The van der Waals surface area contributed by atoms with Crippen LogP contribution in [-0.2, 0) is 13.1 Å². The molecule has 3 heterocycles. The summed E-state index contributed by atoms with van der Waals surface area (Å²) in [7, 11) is 0. The Labute approximate surface area is 192 Å². The highest BCUT2D eigenvalue weighted by Gasteiger charge is 2.30. The van der Waals surface area contributed by atoms with Crippen LogP contribution in [0.15, 0.2) is 51.9 Å². The lowest BCUT2D eigenvalue weighted by Gasteiger charge is -2.30. The fraction of sp³-hybridized carbons (Fsp3) is 0.440. The third-order valence-corrected chi connectivity index (χ3v) is 6.70. The fourth-order valence-electron chi connectivity index (χ4n) is 5.02. The summed E-state index contributed by atoms with van der Waals surface area (Å²) in [6.07, 6.45) is 7.14. The maximum atomic E-state index is 13.0. The molecular formula is C25H30N6O2. The molecule has 0 spiro atoms. The lowest BCUT2D eigenvalue weighted by atomic mass is 10.1. The van der Waals surface area contributed by atoms with Gasteiger partial charge in [-0.3, -0.25) is 9.69 Å². The van der Waals surface area contributed by atoms with Crippen LogP contribution < -0.4 is 5.56 Å². The molecule has 1 aliphatic rings. The van der Waals surface area contributed by atoms with Gasteiger partial charge in [0.1, 0.15) is 5.76 Å². The molecule has 1 atom stereocenters. The Morgan fingerprint density at radius 2 is 2.06 bits per heavy atom. The van der Waals surface area contributed by atoms with E-state index in [0.717, 1.165) is 52.9 Å². The van der Waals surface area contributed by atoms with Crippen molar-refractivity contribution in [3.8, 4) is 0 Å². The third-order valence-electron chi connectivity index (χ3n) is 6.70. The maximum Gasteiger partial charge on any atom is 0.252 e. The first-order valence-corrected chi connectivity index (χ1v) is 11.8. The molecule has 0 bridgehead atoms. The molecule has 1 aromatic carbocycles. The Morgan fingerprint density at radius 1 is 1.21 bits per heavy atom. The number of aromatic nitrogens is 5. The first-order valence-electron chi connectivity index (χ1n) is 11.8. The van der Waals surface area contributed by atoms with Gasteiger partial charge in [0.15, 0.2) is 5.82 Å². The number of H-pyrrole nitrogens is 1. The predicted octanol–water partition coefficient (Wildman–Crippen LogP) is 4.68. The quantitative estimate of drug-likeness (QED) is 0.422. The van der Waals surface area contributed by atoms with Crippen LogP contribution in [0.25, 0.3) is 10.9 Å². The minimum Gasteiger partial charge on any atom is -0.468 e. The largest absolute Gasteiger partial charge is 0.468 e. The van der Waals surface area contributed by atoms with E-state index in [1.807, 2.05) is 35.0 Å². The summed E-state index contributed by atoms with van der Waals surface area (Å²) in [6, 6.07) is 12.2. The fourth-order valence-corrected chi connectivity index (χ4v) is 5.02. The molecule has 0 unspecified atom stereocenters. The molecule has 3 aromatic heterocycles. The Kier molecular flexibility index (Phi) is 6.09. The number of nitrogens with one attached hydrogen (secondary N) is 1. The van der Waals surface area contributed by atoms with E-state index in [-0.39, 0.29) is 11.6 Å². The van der Waals surface area contributed by atoms with Crippen molar-refractivity contribution in [2.24, 2.45) is 0 Å². The van der Waals surface area contributed by atoms with Gasteiger partial charge in [0, 0.05) is 17.6 Å². The first kappa shape index (κ1) is 21.6. The molecule has 4 aromatic rings. The van der Waals surface area contributed by atoms with Gasteiger partial charge in [-0.25, -0.2) is 4.68 Å².